The highest BCUT2D eigenvalue weighted by molar-refractivity contribution is 6.34. The molecule has 2 aliphatic heterocycles. The zero-order chi connectivity index (χ0) is 24.5. The normalized spacial score (nSPS) is 18.0. The van der Waals surface area contributed by atoms with Gasteiger partial charge in [-0.1, -0.05) is 35.9 Å². The maximum Gasteiger partial charge on any atom is 0.432 e. The van der Waals surface area contributed by atoms with Gasteiger partial charge in [0, 0.05) is 56.1 Å². The van der Waals surface area contributed by atoms with Gasteiger partial charge in [-0.2, -0.15) is 18.3 Å². The first-order valence-electron chi connectivity index (χ1n) is 10.5. The lowest BCUT2D eigenvalue weighted by Crippen LogP contribution is -2.51. The molecule has 0 unspecified atom stereocenters. The second-order valence-electron chi connectivity index (χ2n) is 8.10. The Labute approximate surface area is 199 Å². The summed E-state index contributed by atoms with van der Waals surface area (Å²) in [5.74, 6) is -0.715. The molecule has 3 heterocycles. The molecule has 178 valence electrons. The maximum atomic E-state index is 13.5. The molecule has 4 rings (SSSR count). The Morgan fingerprint density at radius 1 is 1.24 bits per heavy atom. The Morgan fingerprint density at radius 2 is 1.91 bits per heavy atom. The summed E-state index contributed by atoms with van der Waals surface area (Å²) in [4.78, 5) is 18.4. The molecular formula is C23H22ClF3N6O. The van der Waals surface area contributed by atoms with E-state index in [1.54, 1.807) is 19.4 Å². The van der Waals surface area contributed by atoms with Crippen LogP contribution in [-0.2, 0) is 4.79 Å². The minimum absolute atomic E-state index is 0.0360. The van der Waals surface area contributed by atoms with Gasteiger partial charge in [0.25, 0.3) is 5.91 Å². The molecule has 34 heavy (non-hydrogen) atoms. The van der Waals surface area contributed by atoms with Crippen LogP contribution in [0.4, 0.5) is 18.9 Å². The number of hydrogen-bond donors (Lipinski definition) is 3. The van der Waals surface area contributed by atoms with Gasteiger partial charge in [-0.3, -0.25) is 9.78 Å². The number of aromatic nitrogens is 1. The van der Waals surface area contributed by atoms with Gasteiger partial charge in [0.15, 0.2) is 5.71 Å². The molecule has 1 aromatic heterocycles. The van der Waals surface area contributed by atoms with Gasteiger partial charge in [-0.05, 0) is 24.0 Å². The third-order valence-corrected chi connectivity index (χ3v) is 6.49. The lowest BCUT2D eigenvalue weighted by atomic mass is 9.74. The number of nitrogens with zero attached hydrogens (tertiary/aromatic N) is 3. The Bertz CT molecular complexity index is 1170. The SMILES string of the molecule is CN/C=C(\C=N)c1ccc(-c2cncc(Cl)c2N2CCC3(CC2)C(=O)NN=C3C(F)(F)F)cc1. The highest BCUT2D eigenvalue weighted by Crippen LogP contribution is 2.45. The van der Waals surface area contributed by atoms with E-state index in [-0.39, 0.29) is 25.9 Å². The van der Waals surface area contributed by atoms with Gasteiger partial charge in [-0.15, -0.1) is 0 Å². The molecule has 11 heteroatoms. The van der Waals surface area contributed by atoms with E-state index in [4.69, 9.17) is 17.0 Å². The molecule has 1 amide bonds. The van der Waals surface area contributed by atoms with E-state index in [1.165, 1.54) is 12.4 Å². The lowest BCUT2D eigenvalue weighted by molar-refractivity contribution is -0.128. The average molecular weight is 491 g/mol. The number of amides is 1. The molecule has 0 aliphatic carbocycles. The molecule has 0 radical (unpaired) electrons. The van der Waals surface area contributed by atoms with Crippen molar-refractivity contribution in [3.05, 3.63) is 53.4 Å². The molecule has 0 atom stereocenters. The van der Waals surface area contributed by atoms with Crippen molar-refractivity contribution in [1.82, 2.24) is 15.7 Å². The molecule has 0 bridgehead atoms. The van der Waals surface area contributed by atoms with Gasteiger partial charge >= 0.3 is 6.18 Å². The van der Waals surface area contributed by atoms with Crippen molar-refractivity contribution in [3.63, 3.8) is 0 Å². The summed E-state index contributed by atoms with van der Waals surface area (Å²) in [7, 11) is 1.75. The summed E-state index contributed by atoms with van der Waals surface area (Å²) >= 11 is 6.50. The summed E-state index contributed by atoms with van der Waals surface area (Å²) in [6.45, 7) is 0.389. The zero-order valence-corrected chi connectivity index (χ0v) is 19.0. The number of alkyl halides is 3. The van der Waals surface area contributed by atoms with Gasteiger partial charge in [0.2, 0.25) is 0 Å². The first kappa shape index (κ1) is 23.7. The molecule has 0 saturated carbocycles. The number of nitrogens with one attached hydrogen (secondary N) is 3. The van der Waals surface area contributed by atoms with Gasteiger partial charge in [0.05, 0.1) is 10.7 Å². The van der Waals surface area contributed by atoms with Crippen LogP contribution in [0.1, 0.15) is 18.4 Å². The fraction of sp³-hybridized carbons (Fsp3) is 0.304. The van der Waals surface area contributed by atoms with Crippen LogP contribution >= 0.6 is 11.6 Å². The van der Waals surface area contributed by atoms with E-state index >= 15 is 0 Å². The predicted molar refractivity (Wildman–Crippen MR) is 126 cm³/mol. The van der Waals surface area contributed by atoms with Gasteiger partial charge < -0.3 is 15.6 Å². The Kier molecular flexibility index (Phi) is 6.35. The fourth-order valence-electron chi connectivity index (χ4n) is 4.51. The van der Waals surface area contributed by atoms with Crippen LogP contribution in [0.5, 0.6) is 0 Å². The third kappa shape index (κ3) is 4.13. The Morgan fingerprint density at radius 3 is 2.50 bits per heavy atom. The number of benzene rings is 1. The van der Waals surface area contributed by atoms with E-state index < -0.39 is 23.2 Å². The van der Waals surface area contributed by atoms with Crippen LogP contribution in [0.25, 0.3) is 16.7 Å². The summed E-state index contributed by atoms with van der Waals surface area (Å²) in [5, 5.41) is 14.1. The highest BCUT2D eigenvalue weighted by Gasteiger charge is 2.59. The van der Waals surface area contributed by atoms with Crippen LogP contribution < -0.4 is 15.6 Å². The van der Waals surface area contributed by atoms with Crippen LogP contribution in [0, 0.1) is 10.8 Å². The van der Waals surface area contributed by atoms with Crippen molar-refractivity contribution in [2.45, 2.75) is 19.0 Å². The number of hydrazone groups is 1. The number of piperidine rings is 1. The number of anilines is 1. The minimum atomic E-state index is -4.68. The van der Waals surface area contributed by atoms with E-state index in [0.29, 0.717) is 16.3 Å². The number of hydrogen-bond acceptors (Lipinski definition) is 6. The third-order valence-electron chi connectivity index (χ3n) is 6.22. The van der Waals surface area contributed by atoms with Crippen molar-refractivity contribution >= 4 is 40.7 Å². The van der Waals surface area contributed by atoms with Crippen LogP contribution in [-0.4, -0.2) is 49.1 Å². The average Bonchev–Trinajstić information content (AvgIpc) is 3.14. The molecule has 1 fully saturated rings. The fourth-order valence-corrected chi connectivity index (χ4v) is 4.78. The van der Waals surface area contributed by atoms with Crippen molar-refractivity contribution in [1.29, 1.82) is 5.41 Å². The Hall–Kier alpha value is -3.40. The maximum absolute atomic E-state index is 13.5. The topological polar surface area (TPSA) is 93.5 Å². The smallest absolute Gasteiger partial charge is 0.393 e. The monoisotopic (exact) mass is 490 g/mol. The number of rotatable bonds is 5. The minimum Gasteiger partial charge on any atom is -0.393 e. The molecular weight excluding hydrogens is 469 g/mol. The molecule has 3 N–H and O–H groups in total. The highest BCUT2D eigenvalue weighted by atomic mass is 35.5. The van der Waals surface area contributed by atoms with Crippen molar-refractivity contribution in [3.8, 4) is 11.1 Å². The van der Waals surface area contributed by atoms with Crippen LogP contribution in [0.2, 0.25) is 5.02 Å². The quantitative estimate of drug-likeness (QED) is 0.546. The van der Waals surface area contributed by atoms with E-state index in [9.17, 15) is 18.0 Å². The zero-order valence-electron chi connectivity index (χ0n) is 18.2. The predicted octanol–water partition coefficient (Wildman–Crippen LogP) is 4.25. The first-order chi connectivity index (χ1) is 16.2. The number of allylic oxidation sites excluding steroid dienone is 1. The number of pyridine rings is 1. The molecule has 1 spiro atoms. The largest absolute Gasteiger partial charge is 0.432 e. The summed E-state index contributed by atoms with van der Waals surface area (Å²) in [6, 6.07) is 7.50. The summed E-state index contributed by atoms with van der Waals surface area (Å²) in [6.07, 6.45) is 1.37. The number of carbonyl (C=O) groups is 1. The van der Waals surface area contributed by atoms with E-state index in [2.05, 4.69) is 15.4 Å². The van der Waals surface area contributed by atoms with Crippen molar-refractivity contribution in [2.75, 3.05) is 25.0 Å². The molecule has 1 aromatic carbocycles. The second-order valence-corrected chi connectivity index (χ2v) is 8.50. The molecule has 2 aliphatic rings. The molecule has 2 aromatic rings. The molecule has 1 saturated heterocycles. The van der Waals surface area contributed by atoms with E-state index in [1.807, 2.05) is 34.6 Å². The summed E-state index contributed by atoms with van der Waals surface area (Å²) in [5.41, 5.74) is 3.03. The van der Waals surface area contributed by atoms with Gasteiger partial charge in [-0.25, -0.2) is 5.43 Å². The van der Waals surface area contributed by atoms with Crippen molar-refractivity contribution in [2.24, 2.45) is 10.5 Å². The number of halogens is 4. The van der Waals surface area contributed by atoms with Crippen LogP contribution in [0.3, 0.4) is 0 Å². The first-order valence-corrected chi connectivity index (χ1v) is 10.9. The standard InChI is InChI=1S/C23H22ClF3N6O/c1-29-11-16(10-28)14-2-4-15(5-3-14)17-12-30-13-18(24)19(17)33-8-6-22(7-9-33)20(23(25,26)27)31-32-21(22)34/h2-5,10-13,28-29H,6-9H2,1H3,(H,32,34)/b16-11+,28-10?. The van der Waals surface area contributed by atoms with E-state index in [0.717, 1.165) is 16.7 Å². The Balaban J connectivity index is 1.63. The van der Waals surface area contributed by atoms with Crippen LogP contribution in [0.15, 0.2) is 48.0 Å². The molecule has 7 nitrogen and oxygen atoms in total. The summed E-state index contributed by atoms with van der Waals surface area (Å²) < 4.78 is 40.5. The van der Waals surface area contributed by atoms with Crippen molar-refractivity contribution < 1.29 is 18.0 Å². The second kappa shape index (κ2) is 9.09. The lowest BCUT2D eigenvalue weighted by Gasteiger charge is -2.40. The number of carbonyl (C=O) groups excluding carboxylic acids is 1. The van der Waals surface area contributed by atoms with Gasteiger partial charge in [0.1, 0.15) is 5.41 Å².